The van der Waals surface area contributed by atoms with E-state index in [0.29, 0.717) is 12.3 Å². The zero-order valence-electron chi connectivity index (χ0n) is 20.9. The minimum atomic E-state index is -4.16. The van der Waals surface area contributed by atoms with E-state index < -0.39 is 28.5 Å². The molecule has 8 nitrogen and oxygen atoms in total. The number of nitrogens with one attached hydrogen (secondary N) is 1. The molecular formula is C27H30ClN3O5S. The number of carbonyl (C=O) groups excluding carboxylic acids is 2. The number of para-hydroxylation sites is 1. The van der Waals surface area contributed by atoms with Crippen molar-refractivity contribution in [2.75, 3.05) is 24.5 Å². The van der Waals surface area contributed by atoms with Crippen molar-refractivity contribution < 1.29 is 22.7 Å². The highest BCUT2D eigenvalue weighted by atomic mass is 35.5. The van der Waals surface area contributed by atoms with Crippen molar-refractivity contribution in [2.24, 2.45) is 0 Å². The number of rotatable bonds is 11. The first kappa shape index (κ1) is 28.0. The first-order chi connectivity index (χ1) is 17.7. The highest BCUT2D eigenvalue weighted by Gasteiger charge is 2.33. The van der Waals surface area contributed by atoms with E-state index in [1.165, 1.54) is 23.1 Å². The minimum absolute atomic E-state index is 0.0150. The lowest BCUT2D eigenvalue weighted by Crippen LogP contribution is -2.51. The maximum Gasteiger partial charge on any atom is 0.264 e. The summed E-state index contributed by atoms with van der Waals surface area (Å²) < 4.78 is 33.5. The number of likely N-dealkylation sites (N-methyl/N-ethyl adjacent to an activating group) is 1. The summed E-state index contributed by atoms with van der Waals surface area (Å²) in [7, 11) is -2.60. The Labute approximate surface area is 222 Å². The van der Waals surface area contributed by atoms with Crippen LogP contribution in [-0.2, 0) is 26.2 Å². The van der Waals surface area contributed by atoms with Gasteiger partial charge < -0.3 is 15.0 Å². The molecule has 37 heavy (non-hydrogen) atoms. The van der Waals surface area contributed by atoms with Crippen LogP contribution in [0.25, 0.3) is 0 Å². The quantitative estimate of drug-likeness (QED) is 0.393. The number of halogens is 1. The molecule has 0 fully saturated rings. The average molecular weight is 544 g/mol. The van der Waals surface area contributed by atoms with Crippen LogP contribution in [0.1, 0.15) is 19.4 Å². The van der Waals surface area contributed by atoms with Gasteiger partial charge in [0.05, 0.1) is 22.7 Å². The third-order valence-electron chi connectivity index (χ3n) is 5.76. The van der Waals surface area contributed by atoms with Crippen LogP contribution in [0.4, 0.5) is 5.69 Å². The molecule has 0 aromatic heterocycles. The summed E-state index contributed by atoms with van der Waals surface area (Å²) in [6.07, 6.45) is 0. The molecule has 0 saturated carbocycles. The molecule has 0 aliphatic heterocycles. The molecule has 0 radical (unpaired) electrons. The van der Waals surface area contributed by atoms with Gasteiger partial charge in [0.2, 0.25) is 11.8 Å². The third-order valence-corrected chi connectivity index (χ3v) is 7.86. The molecule has 1 atom stereocenters. The lowest BCUT2D eigenvalue weighted by Gasteiger charge is -2.32. The van der Waals surface area contributed by atoms with Crippen molar-refractivity contribution in [3.05, 3.63) is 89.4 Å². The second-order valence-corrected chi connectivity index (χ2v) is 10.5. The fourth-order valence-corrected chi connectivity index (χ4v) is 5.46. The summed E-state index contributed by atoms with van der Waals surface area (Å²) in [5, 5.41) is 2.90. The first-order valence-electron chi connectivity index (χ1n) is 11.7. The maximum absolute atomic E-state index is 13.8. The van der Waals surface area contributed by atoms with Gasteiger partial charge >= 0.3 is 0 Å². The average Bonchev–Trinajstić information content (AvgIpc) is 2.91. The van der Waals surface area contributed by atoms with Gasteiger partial charge in [-0.25, -0.2) is 8.42 Å². The molecule has 0 bridgehead atoms. The van der Waals surface area contributed by atoms with Crippen LogP contribution in [0.2, 0.25) is 5.02 Å². The van der Waals surface area contributed by atoms with E-state index in [2.05, 4.69) is 5.32 Å². The van der Waals surface area contributed by atoms with Gasteiger partial charge in [-0.15, -0.1) is 0 Å². The zero-order chi connectivity index (χ0) is 27.0. The van der Waals surface area contributed by atoms with Crippen LogP contribution < -0.4 is 14.4 Å². The van der Waals surface area contributed by atoms with E-state index in [-0.39, 0.29) is 28.1 Å². The molecule has 1 N–H and O–H groups in total. The number of sulfonamides is 1. The summed E-state index contributed by atoms with van der Waals surface area (Å²) in [5.74, 6) is -0.259. The van der Waals surface area contributed by atoms with Crippen LogP contribution in [0.5, 0.6) is 5.75 Å². The van der Waals surface area contributed by atoms with Crippen molar-refractivity contribution >= 4 is 39.1 Å². The molecule has 3 aromatic rings. The molecule has 10 heteroatoms. The Kier molecular flexibility index (Phi) is 9.54. The number of anilines is 1. The molecule has 0 unspecified atom stereocenters. The van der Waals surface area contributed by atoms with E-state index in [0.717, 1.165) is 9.87 Å². The van der Waals surface area contributed by atoms with Crippen molar-refractivity contribution in [3.8, 4) is 5.75 Å². The van der Waals surface area contributed by atoms with Crippen LogP contribution in [0.15, 0.2) is 83.8 Å². The zero-order valence-corrected chi connectivity index (χ0v) is 22.5. The fraction of sp³-hybridized carbons (Fsp3) is 0.259. The van der Waals surface area contributed by atoms with Gasteiger partial charge in [-0.2, -0.15) is 0 Å². The summed E-state index contributed by atoms with van der Waals surface area (Å²) in [4.78, 5) is 27.9. The predicted molar refractivity (Wildman–Crippen MR) is 144 cm³/mol. The summed E-state index contributed by atoms with van der Waals surface area (Å²) in [6, 6.07) is 20.5. The number of hydrogen-bond donors (Lipinski definition) is 1. The number of methoxy groups -OCH3 is 1. The molecule has 0 saturated heterocycles. The first-order valence-corrected chi connectivity index (χ1v) is 13.5. The molecule has 0 heterocycles. The van der Waals surface area contributed by atoms with Crippen molar-refractivity contribution in [1.29, 1.82) is 0 Å². The highest BCUT2D eigenvalue weighted by Crippen LogP contribution is 2.30. The standard InChI is InChI=1S/C27H30ClN3O5S/c1-4-29-27(33)20(2)30(18-21-14-16-22(36-3)17-15-21)26(32)19-31(25-13-9-8-12-24(25)28)37(34,35)23-10-6-5-7-11-23/h5-17,20H,4,18-19H2,1-3H3,(H,29,33)/t20-/m1/s1. The van der Waals surface area contributed by atoms with Crippen LogP contribution in [0.3, 0.4) is 0 Å². The number of amides is 2. The Hall–Kier alpha value is -3.56. The summed E-state index contributed by atoms with van der Waals surface area (Å²) in [6.45, 7) is 3.31. The highest BCUT2D eigenvalue weighted by molar-refractivity contribution is 7.92. The monoisotopic (exact) mass is 543 g/mol. The Morgan fingerprint density at radius 3 is 2.19 bits per heavy atom. The SMILES string of the molecule is CCNC(=O)[C@@H](C)N(Cc1ccc(OC)cc1)C(=O)CN(c1ccccc1Cl)S(=O)(=O)c1ccccc1. The smallest absolute Gasteiger partial charge is 0.264 e. The van der Waals surface area contributed by atoms with Gasteiger partial charge in [-0.1, -0.05) is 54.1 Å². The largest absolute Gasteiger partial charge is 0.497 e. The molecule has 2 amide bonds. The van der Waals surface area contributed by atoms with Crippen molar-refractivity contribution in [2.45, 2.75) is 31.3 Å². The van der Waals surface area contributed by atoms with Crippen molar-refractivity contribution in [1.82, 2.24) is 10.2 Å². The van der Waals surface area contributed by atoms with Gasteiger partial charge in [-0.3, -0.25) is 13.9 Å². The third kappa shape index (κ3) is 6.81. The number of hydrogen-bond acceptors (Lipinski definition) is 5. The van der Waals surface area contributed by atoms with E-state index in [1.807, 2.05) is 0 Å². The lowest BCUT2D eigenvalue weighted by molar-refractivity contribution is -0.139. The Bertz CT molecular complexity index is 1320. The molecule has 3 aromatic carbocycles. The predicted octanol–water partition coefficient (Wildman–Crippen LogP) is 4.10. The van der Waals surface area contributed by atoms with E-state index in [4.69, 9.17) is 16.3 Å². The number of ether oxygens (including phenoxy) is 1. The van der Waals surface area contributed by atoms with Crippen molar-refractivity contribution in [3.63, 3.8) is 0 Å². The summed E-state index contributed by atoms with van der Waals surface area (Å²) >= 11 is 6.38. The van der Waals surface area contributed by atoms with E-state index in [1.54, 1.807) is 81.6 Å². The van der Waals surface area contributed by atoms with Gasteiger partial charge in [0.25, 0.3) is 10.0 Å². The molecule has 3 rings (SSSR count). The van der Waals surface area contributed by atoms with Crippen LogP contribution >= 0.6 is 11.6 Å². The van der Waals surface area contributed by atoms with Crippen LogP contribution in [-0.4, -0.2) is 51.4 Å². The Balaban J connectivity index is 2.01. The molecular weight excluding hydrogens is 514 g/mol. The molecule has 0 aliphatic rings. The molecule has 196 valence electrons. The summed E-state index contributed by atoms with van der Waals surface area (Å²) in [5.41, 5.74) is 0.914. The number of nitrogens with zero attached hydrogens (tertiary/aromatic N) is 2. The second kappa shape index (κ2) is 12.6. The second-order valence-electron chi connectivity index (χ2n) is 8.22. The Morgan fingerprint density at radius 1 is 0.973 bits per heavy atom. The molecule has 0 aliphatic carbocycles. The minimum Gasteiger partial charge on any atom is -0.497 e. The van der Waals surface area contributed by atoms with E-state index in [9.17, 15) is 18.0 Å². The van der Waals surface area contributed by atoms with Gasteiger partial charge in [0, 0.05) is 13.1 Å². The normalized spacial score (nSPS) is 11.9. The van der Waals surface area contributed by atoms with E-state index >= 15 is 0 Å². The lowest BCUT2D eigenvalue weighted by atomic mass is 10.1. The number of benzene rings is 3. The van der Waals surface area contributed by atoms with Gasteiger partial charge in [0.15, 0.2) is 0 Å². The Morgan fingerprint density at radius 2 is 1.59 bits per heavy atom. The number of carbonyl (C=O) groups is 2. The van der Waals surface area contributed by atoms with Gasteiger partial charge in [-0.05, 0) is 55.8 Å². The van der Waals surface area contributed by atoms with Crippen LogP contribution in [0, 0.1) is 0 Å². The maximum atomic E-state index is 13.8. The molecule has 0 spiro atoms. The fourth-order valence-electron chi connectivity index (χ4n) is 3.72. The van der Waals surface area contributed by atoms with Gasteiger partial charge in [0.1, 0.15) is 18.3 Å². The topological polar surface area (TPSA) is 96.0 Å².